The second kappa shape index (κ2) is 7.04. The first-order valence-corrected chi connectivity index (χ1v) is 8.88. The first-order chi connectivity index (χ1) is 9.91. The molecule has 0 unspecified atom stereocenters. The van der Waals surface area contributed by atoms with E-state index < -0.39 is 10.2 Å². The molecule has 2 atom stereocenters. The third kappa shape index (κ3) is 4.15. The minimum atomic E-state index is -3.44. The lowest BCUT2D eigenvalue weighted by molar-refractivity contribution is -0.126. The summed E-state index contributed by atoms with van der Waals surface area (Å²) >= 11 is 0. The quantitative estimate of drug-likeness (QED) is 0.761. The lowest BCUT2D eigenvalue weighted by Gasteiger charge is -2.32. The monoisotopic (exact) mass is 319 g/mol. The van der Waals surface area contributed by atoms with Crippen LogP contribution in [0.1, 0.15) is 25.7 Å². The van der Waals surface area contributed by atoms with Gasteiger partial charge in [-0.1, -0.05) is 0 Å². The molecule has 1 amide bonds. The normalized spacial score (nSPS) is 28.0. The van der Waals surface area contributed by atoms with Crippen molar-refractivity contribution in [2.45, 2.75) is 31.8 Å². The van der Waals surface area contributed by atoms with Gasteiger partial charge in [0, 0.05) is 40.3 Å². The van der Waals surface area contributed by atoms with Crippen LogP contribution in [0.5, 0.6) is 0 Å². The van der Waals surface area contributed by atoms with E-state index in [9.17, 15) is 13.2 Å². The van der Waals surface area contributed by atoms with Gasteiger partial charge in [-0.2, -0.15) is 17.0 Å². The number of rotatable bonds is 5. The molecule has 0 radical (unpaired) electrons. The number of amides is 1. The second-order valence-corrected chi connectivity index (χ2v) is 8.01. The highest BCUT2D eigenvalue weighted by Crippen LogP contribution is 2.20. The van der Waals surface area contributed by atoms with Crippen molar-refractivity contribution in [2.75, 3.05) is 40.3 Å². The van der Waals surface area contributed by atoms with E-state index in [2.05, 4.69) is 5.32 Å². The zero-order chi connectivity index (χ0) is 15.5. The summed E-state index contributed by atoms with van der Waals surface area (Å²) in [5.41, 5.74) is 0. The highest BCUT2D eigenvalue weighted by atomic mass is 32.2. The summed E-state index contributed by atoms with van der Waals surface area (Å²) in [5, 5.41) is 2.90. The van der Waals surface area contributed by atoms with Crippen molar-refractivity contribution in [2.24, 2.45) is 5.92 Å². The molecule has 122 valence electrons. The van der Waals surface area contributed by atoms with Gasteiger partial charge in [0.25, 0.3) is 10.2 Å². The van der Waals surface area contributed by atoms with Crippen LogP contribution in [0.2, 0.25) is 0 Å². The highest BCUT2D eigenvalue weighted by molar-refractivity contribution is 7.86. The average Bonchev–Trinajstić information content (AvgIpc) is 2.98. The van der Waals surface area contributed by atoms with Gasteiger partial charge in [0.15, 0.2) is 0 Å². The molecule has 0 aromatic heterocycles. The van der Waals surface area contributed by atoms with E-state index in [1.165, 1.54) is 22.7 Å². The molecular formula is C13H25N3O4S. The number of nitrogens with zero attached hydrogens (tertiary/aromatic N) is 2. The third-order valence-corrected chi connectivity index (χ3v) is 5.98. The predicted octanol–water partition coefficient (Wildman–Crippen LogP) is -0.200. The van der Waals surface area contributed by atoms with E-state index in [1.807, 2.05) is 0 Å². The van der Waals surface area contributed by atoms with Gasteiger partial charge in [0.05, 0.1) is 12.0 Å². The van der Waals surface area contributed by atoms with Gasteiger partial charge in [-0.25, -0.2) is 0 Å². The summed E-state index contributed by atoms with van der Waals surface area (Å²) in [4.78, 5) is 12.2. The number of carbonyl (C=O) groups excluding carboxylic acids is 1. The largest absolute Gasteiger partial charge is 0.376 e. The van der Waals surface area contributed by atoms with Crippen LogP contribution in [0.15, 0.2) is 0 Å². The number of ether oxygens (including phenoxy) is 1. The summed E-state index contributed by atoms with van der Waals surface area (Å²) in [6, 6.07) is 0. The molecule has 7 nitrogen and oxygen atoms in total. The smallest absolute Gasteiger partial charge is 0.281 e. The molecule has 2 heterocycles. The Kier molecular flexibility index (Phi) is 5.59. The molecule has 0 spiro atoms. The van der Waals surface area contributed by atoms with Gasteiger partial charge in [-0.15, -0.1) is 0 Å². The van der Waals surface area contributed by atoms with Crippen LogP contribution < -0.4 is 5.32 Å². The van der Waals surface area contributed by atoms with Gasteiger partial charge in [0.1, 0.15) is 0 Å². The second-order valence-electron chi connectivity index (χ2n) is 5.87. The fraction of sp³-hybridized carbons (Fsp3) is 0.923. The zero-order valence-electron chi connectivity index (χ0n) is 12.7. The molecule has 2 fully saturated rings. The number of hydrogen-bond acceptors (Lipinski definition) is 4. The Bertz CT molecular complexity index is 460. The molecule has 0 aromatic carbocycles. The minimum Gasteiger partial charge on any atom is -0.376 e. The maximum Gasteiger partial charge on any atom is 0.281 e. The van der Waals surface area contributed by atoms with Crippen LogP contribution in [0.25, 0.3) is 0 Å². The summed E-state index contributed by atoms with van der Waals surface area (Å²) in [6.07, 6.45) is 3.58. The van der Waals surface area contributed by atoms with Crippen LogP contribution in [-0.2, 0) is 19.7 Å². The molecule has 0 aliphatic carbocycles. The minimum absolute atomic E-state index is 0.0656. The molecule has 0 bridgehead atoms. The Morgan fingerprint density at radius 2 is 2.10 bits per heavy atom. The molecule has 0 saturated carbocycles. The molecule has 2 rings (SSSR count). The van der Waals surface area contributed by atoms with E-state index in [4.69, 9.17) is 4.74 Å². The number of piperidine rings is 1. The van der Waals surface area contributed by atoms with Gasteiger partial charge in [-0.05, 0) is 25.7 Å². The Morgan fingerprint density at radius 3 is 2.71 bits per heavy atom. The Morgan fingerprint density at radius 1 is 1.33 bits per heavy atom. The Labute approximate surface area is 126 Å². The fourth-order valence-electron chi connectivity index (χ4n) is 2.76. The zero-order valence-corrected chi connectivity index (χ0v) is 13.6. The number of carbonyl (C=O) groups is 1. The summed E-state index contributed by atoms with van der Waals surface area (Å²) in [6.45, 7) is 2.03. The van der Waals surface area contributed by atoms with E-state index in [0.717, 1.165) is 25.9 Å². The van der Waals surface area contributed by atoms with Crippen LogP contribution in [-0.4, -0.2) is 69.4 Å². The fourth-order valence-corrected chi connectivity index (χ4v) is 3.95. The van der Waals surface area contributed by atoms with Crippen molar-refractivity contribution < 1.29 is 17.9 Å². The molecule has 2 aliphatic heterocycles. The maximum atomic E-state index is 12.2. The van der Waals surface area contributed by atoms with Crippen molar-refractivity contribution in [3.8, 4) is 0 Å². The topological polar surface area (TPSA) is 79.0 Å². The molecular weight excluding hydrogens is 294 g/mol. The van der Waals surface area contributed by atoms with Crippen molar-refractivity contribution in [1.82, 2.24) is 13.9 Å². The van der Waals surface area contributed by atoms with Crippen molar-refractivity contribution in [3.05, 3.63) is 0 Å². The van der Waals surface area contributed by atoms with Gasteiger partial charge >= 0.3 is 0 Å². The predicted molar refractivity (Wildman–Crippen MR) is 78.9 cm³/mol. The van der Waals surface area contributed by atoms with Crippen LogP contribution in [0.4, 0.5) is 0 Å². The van der Waals surface area contributed by atoms with Crippen molar-refractivity contribution in [1.29, 1.82) is 0 Å². The van der Waals surface area contributed by atoms with Crippen molar-refractivity contribution in [3.63, 3.8) is 0 Å². The molecule has 0 aromatic rings. The van der Waals surface area contributed by atoms with Gasteiger partial charge < -0.3 is 10.1 Å². The summed E-state index contributed by atoms with van der Waals surface area (Å²) in [7, 11) is -0.414. The van der Waals surface area contributed by atoms with Crippen molar-refractivity contribution >= 4 is 16.1 Å². The highest BCUT2D eigenvalue weighted by Gasteiger charge is 2.33. The van der Waals surface area contributed by atoms with Crippen LogP contribution in [0.3, 0.4) is 0 Å². The van der Waals surface area contributed by atoms with E-state index >= 15 is 0 Å². The van der Waals surface area contributed by atoms with E-state index in [0.29, 0.717) is 19.5 Å². The summed E-state index contributed by atoms with van der Waals surface area (Å²) in [5.74, 6) is -0.334. The average molecular weight is 319 g/mol. The molecule has 2 saturated heterocycles. The SMILES string of the molecule is CN(C)S(=O)(=O)N1CCC[C@@H](C(=O)NC[C@@H]2CCCO2)C1. The molecule has 21 heavy (non-hydrogen) atoms. The molecule has 2 aliphatic rings. The Hall–Kier alpha value is -0.700. The van der Waals surface area contributed by atoms with E-state index in [-0.39, 0.29) is 24.5 Å². The van der Waals surface area contributed by atoms with Gasteiger partial charge in [0.2, 0.25) is 5.91 Å². The first-order valence-electron chi connectivity index (χ1n) is 7.48. The molecule has 1 N–H and O–H groups in total. The summed E-state index contributed by atoms with van der Waals surface area (Å²) < 4.78 is 32.3. The van der Waals surface area contributed by atoms with Gasteiger partial charge in [-0.3, -0.25) is 4.79 Å². The lowest BCUT2D eigenvalue weighted by atomic mass is 9.99. The van der Waals surface area contributed by atoms with Crippen LogP contribution in [0, 0.1) is 5.92 Å². The molecule has 8 heteroatoms. The number of nitrogens with one attached hydrogen (secondary N) is 1. The first kappa shape index (κ1) is 16.7. The number of hydrogen-bond donors (Lipinski definition) is 1. The van der Waals surface area contributed by atoms with E-state index in [1.54, 1.807) is 0 Å². The maximum absolute atomic E-state index is 12.2. The van der Waals surface area contributed by atoms with Crippen LogP contribution >= 0.6 is 0 Å². The standard InChI is InChI=1S/C13H25N3O4S/c1-15(2)21(18,19)16-7-3-5-11(10-16)13(17)14-9-12-6-4-8-20-12/h11-12H,3-10H2,1-2H3,(H,14,17)/t11-,12+/m1/s1. The third-order valence-electron chi connectivity index (χ3n) is 4.07. The lowest BCUT2D eigenvalue weighted by Crippen LogP contribution is -2.49. The Balaban J connectivity index is 1.86.